The van der Waals surface area contributed by atoms with Crippen LogP contribution in [0.2, 0.25) is 0 Å². The molecule has 106 valence electrons. The predicted molar refractivity (Wildman–Crippen MR) is 68.5 cm³/mol. The Kier molecular flexibility index (Phi) is 6.59. The lowest BCUT2D eigenvalue weighted by molar-refractivity contribution is -0.134. The van der Waals surface area contributed by atoms with E-state index in [0.29, 0.717) is 31.8 Å². The lowest BCUT2D eigenvalue weighted by Crippen LogP contribution is -2.38. The van der Waals surface area contributed by atoms with Crippen molar-refractivity contribution in [2.24, 2.45) is 0 Å². The number of aromatic nitrogens is 1. The van der Waals surface area contributed by atoms with Crippen LogP contribution in [0.1, 0.15) is 19.8 Å². The number of ether oxygens (including phenoxy) is 1. The summed E-state index contributed by atoms with van der Waals surface area (Å²) in [6.07, 6.45) is 2.42. The monoisotopic (exact) mass is 269 g/mol. The predicted octanol–water partition coefficient (Wildman–Crippen LogP) is 0.888. The van der Waals surface area contributed by atoms with Gasteiger partial charge in [0.2, 0.25) is 11.8 Å². The summed E-state index contributed by atoms with van der Waals surface area (Å²) in [4.78, 5) is 25.0. The Hall–Kier alpha value is -1.89. The summed E-state index contributed by atoms with van der Waals surface area (Å²) in [5, 5.41) is 6.13. The minimum Gasteiger partial charge on any atom is -0.385 e. The lowest BCUT2D eigenvalue weighted by atomic mass is 10.3. The lowest BCUT2D eigenvalue weighted by Gasteiger charge is -2.21. The highest BCUT2D eigenvalue weighted by Crippen LogP contribution is 2.02. The molecule has 19 heavy (non-hydrogen) atoms. The smallest absolute Gasteiger partial charge is 0.245 e. The average molecular weight is 269 g/mol. The van der Waals surface area contributed by atoms with Crippen LogP contribution in [-0.2, 0) is 14.3 Å². The van der Waals surface area contributed by atoms with Crippen LogP contribution in [0.5, 0.6) is 0 Å². The fourth-order valence-corrected chi connectivity index (χ4v) is 1.55. The maximum atomic E-state index is 11.8. The molecule has 0 aliphatic rings. The van der Waals surface area contributed by atoms with Crippen LogP contribution in [0.15, 0.2) is 16.9 Å². The van der Waals surface area contributed by atoms with Crippen molar-refractivity contribution in [3.05, 3.63) is 12.3 Å². The number of nitrogens with zero attached hydrogens (tertiary/aromatic N) is 2. The third-order valence-corrected chi connectivity index (χ3v) is 2.47. The molecular weight excluding hydrogens is 250 g/mol. The summed E-state index contributed by atoms with van der Waals surface area (Å²) in [7, 11) is 1.60. The van der Waals surface area contributed by atoms with E-state index in [9.17, 15) is 9.59 Å². The molecule has 0 aliphatic heterocycles. The first-order chi connectivity index (χ1) is 9.17. The van der Waals surface area contributed by atoms with Crippen molar-refractivity contribution in [1.82, 2.24) is 10.1 Å². The minimum absolute atomic E-state index is 0.00322. The molecule has 7 heteroatoms. The summed E-state index contributed by atoms with van der Waals surface area (Å²) in [6.45, 7) is 2.82. The Labute approximate surface area is 111 Å². The van der Waals surface area contributed by atoms with Crippen LogP contribution < -0.4 is 5.32 Å². The highest BCUT2D eigenvalue weighted by atomic mass is 16.5. The van der Waals surface area contributed by atoms with Gasteiger partial charge in [0.15, 0.2) is 5.82 Å². The molecule has 1 heterocycles. The highest BCUT2D eigenvalue weighted by Gasteiger charge is 2.15. The zero-order valence-electron chi connectivity index (χ0n) is 11.2. The fourth-order valence-electron chi connectivity index (χ4n) is 1.55. The van der Waals surface area contributed by atoms with E-state index in [4.69, 9.17) is 4.74 Å². The zero-order chi connectivity index (χ0) is 14.1. The van der Waals surface area contributed by atoms with Gasteiger partial charge in [0.1, 0.15) is 6.26 Å². The van der Waals surface area contributed by atoms with Gasteiger partial charge < -0.3 is 19.5 Å². The topological polar surface area (TPSA) is 84.7 Å². The number of carbonyl (C=O) groups excluding carboxylic acids is 2. The summed E-state index contributed by atoms with van der Waals surface area (Å²) < 4.78 is 9.54. The van der Waals surface area contributed by atoms with Crippen LogP contribution in [0.25, 0.3) is 0 Å². The molecule has 0 fully saturated rings. The standard InChI is InChI=1S/C12H19N3O4/c1-3-12(17)15(6-4-7-18-2)9-11(16)13-10-5-8-19-14-10/h5,8H,3-4,6-7,9H2,1-2H3,(H,13,14,16). The summed E-state index contributed by atoms with van der Waals surface area (Å²) >= 11 is 0. The largest absolute Gasteiger partial charge is 0.385 e. The Morgan fingerprint density at radius 2 is 2.32 bits per heavy atom. The molecule has 0 saturated carbocycles. The van der Waals surface area contributed by atoms with Crippen LogP contribution in [0.4, 0.5) is 5.82 Å². The molecule has 0 saturated heterocycles. The molecule has 0 unspecified atom stereocenters. The Bertz CT molecular complexity index is 392. The second-order valence-electron chi connectivity index (χ2n) is 3.95. The molecule has 0 radical (unpaired) electrons. The fraction of sp³-hybridized carbons (Fsp3) is 0.583. The highest BCUT2D eigenvalue weighted by molar-refractivity contribution is 5.93. The summed E-state index contributed by atoms with van der Waals surface area (Å²) in [5.74, 6) is -0.0229. The number of rotatable bonds is 8. The number of amides is 2. The number of hydrogen-bond donors (Lipinski definition) is 1. The van der Waals surface area contributed by atoms with Crippen molar-refractivity contribution in [1.29, 1.82) is 0 Å². The zero-order valence-corrected chi connectivity index (χ0v) is 11.2. The number of hydrogen-bond acceptors (Lipinski definition) is 5. The molecular formula is C12H19N3O4. The van der Waals surface area contributed by atoms with Crippen molar-refractivity contribution in [3.63, 3.8) is 0 Å². The molecule has 1 N–H and O–H groups in total. The second-order valence-corrected chi connectivity index (χ2v) is 3.95. The van der Waals surface area contributed by atoms with Gasteiger partial charge >= 0.3 is 0 Å². The second kappa shape index (κ2) is 8.25. The first kappa shape index (κ1) is 15.2. The van der Waals surface area contributed by atoms with Gasteiger partial charge in [0, 0.05) is 32.7 Å². The van der Waals surface area contributed by atoms with E-state index in [1.54, 1.807) is 14.0 Å². The Morgan fingerprint density at radius 1 is 1.53 bits per heavy atom. The van der Waals surface area contributed by atoms with Crippen molar-refractivity contribution in [3.8, 4) is 0 Å². The van der Waals surface area contributed by atoms with E-state index in [-0.39, 0.29) is 18.4 Å². The van der Waals surface area contributed by atoms with Crippen LogP contribution in [0, 0.1) is 0 Å². The van der Waals surface area contributed by atoms with Crippen LogP contribution in [-0.4, -0.2) is 48.7 Å². The first-order valence-electron chi connectivity index (χ1n) is 6.14. The van der Waals surface area contributed by atoms with E-state index < -0.39 is 0 Å². The third-order valence-electron chi connectivity index (χ3n) is 2.47. The molecule has 2 amide bonds. The maximum Gasteiger partial charge on any atom is 0.245 e. The molecule has 1 aromatic rings. The molecule has 0 aromatic carbocycles. The molecule has 1 aromatic heterocycles. The van der Waals surface area contributed by atoms with Gasteiger partial charge in [-0.15, -0.1) is 0 Å². The number of nitrogens with one attached hydrogen (secondary N) is 1. The van der Waals surface area contributed by atoms with E-state index in [1.165, 1.54) is 17.2 Å². The third kappa shape index (κ3) is 5.52. The molecule has 0 spiro atoms. The van der Waals surface area contributed by atoms with Crippen molar-refractivity contribution < 1.29 is 18.8 Å². The van der Waals surface area contributed by atoms with E-state index in [2.05, 4.69) is 15.0 Å². The summed E-state index contributed by atoms with van der Waals surface area (Å²) in [6, 6.07) is 1.54. The average Bonchev–Trinajstić information content (AvgIpc) is 2.89. The van der Waals surface area contributed by atoms with Gasteiger partial charge in [-0.25, -0.2) is 0 Å². The summed E-state index contributed by atoms with van der Waals surface area (Å²) in [5.41, 5.74) is 0. The quantitative estimate of drug-likeness (QED) is 0.708. The van der Waals surface area contributed by atoms with E-state index >= 15 is 0 Å². The molecule has 7 nitrogen and oxygen atoms in total. The first-order valence-corrected chi connectivity index (χ1v) is 6.14. The maximum absolute atomic E-state index is 11.8. The number of carbonyl (C=O) groups is 2. The molecule has 1 rings (SSSR count). The Balaban J connectivity index is 2.46. The molecule has 0 atom stereocenters. The van der Waals surface area contributed by atoms with Gasteiger partial charge in [-0.1, -0.05) is 12.1 Å². The van der Waals surface area contributed by atoms with Gasteiger partial charge in [0.05, 0.1) is 6.54 Å². The van der Waals surface area contributed by atoms with Gasteiger partial charge in [0.25, 0.3) is 0 Å². The molecule has 0 bridgehead atoms. The molecule has 0 aliphatic carbocycles. The van der Waals surface area contributed by atoms with Crippen molar-refractivity contribution in [2.45, 2.75) is 19.8 Å². The van der Waals surface area contributed by atoms with Gasteiger partial charge in [-0.2, -0.15) is 0 Å². The normalized spacial score (nSPS) is 10.2. The Morgan fingerprint density at radius 3 is 2.89 bits per heavy atom. The van der Waals surface area contributed by atoms with Crippen LogP contribution in [0.3, 0.4) is 0 Å². The SMILES string of the molecule is CCC(=O)N(CCCOC)CC(=O)Nc1ccon1. The number of anilines is 1. The van der Waals surface area contributed by atoms with Crippen molar-refractivity contribution >= 4 is 17.6 Å². The van der Waals surface area contributed by atoms with Gasteiger partial charge in [-0.05, 0) is 6.42 Å². The van der Waals surface area contributed by atoms with Crippen LogP contribution >= 0.6 is 0 Å². The number of methoxy groups -OCH3 is 1. The van der Waals surface area contributed by atoms with Crippen molar-refractivity contribution in [2.75, 3.05) is 32.1 Å². The minimum atomic E-state index is -0.298. The van der Waals surface area contributed by atoms with E-state index in [1.807, 2.05) is 0 Å². The van der Waals surface area contributed by atoms with E-state index in [0.717, 1.165) is 0 Å². The van der Waals surface area contributed by atoms with Gasteiger partial charge in [-0.3, -0.25) is 9.59 Å².